The van der Waals surface area contributed by atoms with Crippen LogP contribution in [0.4, 0.5) is 0 Å². The van der Waals surface area contributed by atoms with E-state index in [0.717, 1.165) is 6.26 Å². The van der Waals surface area contributed by atoms with E-state index < -0.39 is 20.0 Å². The molecule has 1 aromatic heterocycles. The van der Waals surface area contributed by atoms with Crippen molar-refractivity contribution in [3.63, 3.8) is 0 Å². The van der Waals surface area contributed by atoms with E-state index in [1.54, 1.807) is 13.0 Å². The molecule has 3 rings (SSSR count). The predicted molar refractivity (Wildman–Crippen MR) is 83.9 cm³/mol. The SMILES string of the molecule is Cc1nc2ccc(S(=O)(=O)N3CCN(S(C)(=O)=O)CC3)cc2o1. The van der Waals surface area contributed by atoms with E-state index in [-0.39, 0.29) is 31.1 Å². The van der Waals surface area contributed by atoms with Crippen molar-refractivity contribution in [3.8, 4) is 0 Å². The van der Waals surface area contributed by atoms with Crippen LogP contribution in [0.15, 0.2) is 27.5 Å². The van der Waals surface area contributed by atoms with E-state index in [1.807, 2.05) is 0 Å². The molecule has 1 fully saturated rings. The molecule has 23 heavy (non-hydrogen) atoms. The van der Waals surface area contributed by atoms with Crippen LogP contribution in [0.5, 0.6) is 0 Å². The van der Waals surface area contributed by atoms with Crippen molar-refractivity contribution < 1.29 is 21.3 Å². The van der Waals surface area contributed by atoms with Crippen molar-refractivity contribution in [2.45, 2.75) is 11.8 Å². The number of aryl methyl sites for hydroxylation is 1. The quantitative estimate of drug-likeness (QED) is 0.786. The normalized spacial score (nSPS) is 18.5. The molecule has 1 saturated heterocycles. The Morgan fingerprint density at radius 1 is 1.04 bits per heavy atom. The van der Waals surface area contributed by atoms with Gasteiger partial charge in [-0.1, -0.05) is 0 Å². The number of aromatic nitrogens is 1. The van der Waals surface area contributed by atoms with Crippen LogP contribution in [-0.4, -0.2) is 62.9 Å². The lowest BCUT2D eigenvalue weighted by Crippen LogP contribution is -2.50. The Balaban J connectivity index is 1.86. The van der Waals surface area contributed by atoms with Gasteiger partial charge in [0.25, 0.3) is 0 Å². The average molecular weight is 359 g/mol. The molecule has 0 aliphatic carbocycles. The second-order valence-corrected chi connectivity index (χ2v) is 9.35. The molecule has 2 aromatic rings. The fraction of sp³-hybridized carbons (Fsp3) is 0.462. The van der Waals surface area contributed by atoms with E-state index in [9.17, 15) is 16.8 Å². The van der Waals surface area contributed by atoms with E-state index in [0.29, 0.717) is 17.0 Å². The van der Waals surface area contributed by atoms with Crippen molar-refractivity contribution in [2.75, 3.05) is 32.4 Å². The molecule has 126 valence electrons. The number of piperazine rings is 1. The van der Waals surface area contributed by atoms with Gasteiger partial charge in [-0.05, 0) is 12.1 Å². The first-order valence-corrected chi connectivity index (χ1v) is 10.3. The number of rotatable bonds is 3. The predicted octanol–water partition coefficient (Wildman–Crippen LogP) is 0.402. The van der Waals surface area contributed by atoms with Crippen molar-refractivity contribution >= 4 is 31.1 Å². The molecule has 0 unspecified atom stereocenters. The first-order valence-electron chi connectivity index (χ1n) is 7.00. The molecule has 8 nitrogen and oxygen atoms in total. The summed E-state index contributed by atoms with van der Waals surface area (Å²) in [4.78, 5) is 4.26. The number of benzene rings is 1. The molecule has 0 amide bonds. The number of nitrogens with zero attached hydrogens (tertiary/aromatic N) is 3. The summed E-state index contributed by atoms with van der Waals surface area (Å²) < 4.78 is 56.3. The van der Waals surface area contributed by atoms with Gasteiger partial charge in [-0.15, -0.1) is 0 Å². The molecular formula is C13H17N3O5S2. The van der Waals surface area contributed by atoms with Gasteiger partial charge in [0, 0.05) is 39.2 Å². The highest BCUT2D eigenvalue weighted by molar-refractivity contribution is 7.89. The third kappa shape index (κ3) is 3.11. The summed E-state index contributed by atoms with van der Waals surface area (Å²) in [6.07, 6.45) is 1.12. The molecule has 1 aliphatic heterocycles. The zero-order valence-corrected chi connectivity index (χ0v) is 14.4. The summed E-state index contributed by atoms with van der Waals surface area (Å²) in [5.41, 5.74) is 1.02. The second-order valence-electron chi connectivity index (χ2n) is 5.43. The highest BCUT2D eigenvalue weighted by Crippen LogP contribution is 2.23. The minimum absolute atomic E-state index is 0.119. The fourth-order valence-electron chi connectivity index (χ4n) is 2.57. The summed E-state index contributed by atoms with van der Waals surface area (Å²) in [5.74, 6) is 0.469. The molecular weight excluding hydrogens is 342 g/mol. The van der Waals surface area contributed by atoms with E-state index in [2.05, 4.69) is 4.98 Å². The van der Waals surface area contributed by atoms with E-state index >= 15 is 0 Å². The summed E-state index contributed by atoms with van der Waals surface area (Å²) in [6, 6.07) is 4.54. The maximum absolute atomic E-state index is 12.7. The maximum Gasteiger partial charge on any atom is 0.243 e. The highest BCUT2D eigenvalue weighted by Gasteiger charge is 2.31. The lowest BCUT2D eigenvalue weighted by atomic mass is 10.3. The maximum atomic E-state index is 12.7. The van der Waals surface area contributed by atoms with Crippen molar-refractivity contribution in [1.29, 1.82) is 0 Å². The zero-order valence-electron chi connectivity index (χ0n) is 12.8. The van der Waals surface area contributed by atoms with Gasteiger partial charge >= 0.3 is 0 Å². The van der Waals surface area contributed by atoms with Crippen molar-refractivity contribution in [2.24, 2.45) is 0 Å². The Labute approximate surface area is 134 Å². The van der Waals surface area contributed by atoms with Gasteiger partial charge in [0.05, 0.1) is 11.2 Å². The molecule has 0 radical (unpaired) electrons. The molecule has 0 spiro atoms. The second kappa shape index (κ2) is 5.55. The number of sulfonamides is 2. The van der Waals surface area contributed by atoms with E-state index in [1.165, 1.54) is 20.7 Å². The van der Waals surface area contributed by atoms with Crippen molar-refractivity contribution in [1.82, 2.24) is 13.6 Å². The first-order chi connectivity index (χ1) is 10.7. The Morgan fingerprint density at radius 3 is 2.26 bits per heavy atom. The molecule has 0 N–H and O–H groups in total. The molecule has 1 aromatic carbocycles. The third-order valence-electron chi connectivity index (χ3n) is 3.77. The van der Waals surface area contributed by atoms with Crippen LogP contribution in [0, 0.1) is 6.92 Å². The van der Waals surface area contributed by atoms with Gasteiger partial charge in [0.15, 0.2) is 11.5 Å². The van der Waals surface area contributed by atoms with Crippen LogP contribution in [0.3, 0.4) is 0 Å². The molecule has 1 aliphatic rings. The number of oxazole rings is 1. The lowest BCUT2D eigenvalue weighted by molar-refractivity contribution is 0.274. The van der Waals surface area contributed by atoms with Crippen LogP contribution < -0.4 is 0 Å². The Kier molecular flexibility index (Phi) is 3.95. The fourth-order valence-corrected chi connectivity index (χ4v) is 4.84. The van der Waals surface area contributed by atoms with Crippen LogP contribution in [0.1, 0.15) is 5.89 Å². The van der Waals surface area contributed by atoms with E-state index in [4.69, 9.17) is 4.42 Å². The number of hydrogen-bond donors (Lipinski definition) is 0. The Hall–Kier alpha value is -1.49. The van der Waals surface area contributed by atoms with Gasteiger partial charge in [-0.3, -0.25) is 0 Å². The minimum Gasteiger partial charge on any atom is -0.441 e. The Morgan fingerprint density at radius 2 is 1.65 bits per heavy atom. The summed E-state index contributed by atoms with van der Waals surface area (Å²) >= 11 is 0. The van der Waals surface area contributed by atoms with Gasteiger partial charge in [0.1, 0.15) is 5.52 Å². The topological polar surface area (TPSA) is 101 Å². The smallest absolute Gasteiger partial charge is 0.243 e. The van der Waals surface area contributed by atoms with Crippen LogP contribution in [0.2, 0.25) is 0 Å². The molecule has 10 heteroatoms. The van der Waals surface area contributed by atoms with Gasteiger partial charge in [-0.2, -0.15) is 8.61 Å². The monoisotopic (exact) mass is 359 g/mol. The molecule has 0 bridgehead atoms. The number of fused-ring (bicyclic) bond motifs is 1. The summed E-state index contributed by atoms with van der Waals surface area (Å²) in [7, 11) is -6.99. The van der Waals surface area contributed by atoms with Crippen LogP contribution >= 0.6 is 0 Å². The minimum atomic E-state index is -3.69. The van der Waals surface area contributed by atoms with Crippen LogP contribution in [-0.2, 0) is 20.0 Å². The molecule has 0 atom stereocenters. The number of hydrogen-bond acceptors (Lipinski definition) is 6. The lowest BCUT2D eigenvalue weighted by Gasteiger charge is -2.32. The van der Waals surface area contributed by atoms with Crippen molar-refractivity contribution in [3.05, 3.63) is 24.1 Å². The van der Waals surface area contributed by atoms with Crippen LogP contribution in [0.25, 0.3) is 11.1 Å². The summed E-state index contributed by atoms with van der Waals surface area (Å²) in [5, 5.41) is 0. The zero-order chi connectivity index (χ0) is 16.8. The molecule has 0 saturated carbocycles. The van der Waals surface area contributed by atoms with Gasteiger partial charge in [-0.25, -0.2) is 21.8 Å². The highest BCUT2D eigenvalue weighted by atomic mass is 32.2. The first kappa shape index (κ1) is 16.4. The Bertz CT molecular complexity index is 941. The standard InChI is InChI=1S/C13H17N3O5S2/c1-10-14-12-4-3-11(9-13(12)21-10)23(19,20)16-7-5-15(6-8-16)22(2,17)18/h3-4,9H,5-8H2,1-2H3. The molecule has 2 heterocycles. The summed E-state index contributed by atoms with van der Waals surface area (Å²) in [6.45, 7) is 2.26. The van der Waals surface area contributed by atoms with Gasteiger partial charge < -0.3 is 4.42 Å². The largest absolute Gasteiger partial charge is 0.441 e. The van der Waals surface area contributed by atoms with Gasteiger partial charge in [0.2, 0.25) is 20.0 Å². The average Bonchev–Trinajstić information content (AvgIpc) is 2.85. The third-order valence-corrected chi connectivity index (χ3v) is 6.97.